The molecular formula is C23H21NO3. The molecule has 0 atom stereocenters. The minimum Gasteiger partial charge on any atom is -0.508 e. The summed E-state index contributed by atoms with van der Waals surface area (Å²) in [5.41, 5.74) is 5.01. The van der Waals surface area contributed by atoms with E-state index in [2.05, 4.69) is 12.1 Å². The minimum atomic E-state index is -0.0187. The maximum Gasteiger partial charge on any atom is 0.253 e. The molecule has 27 heavy (non-hydrogen) atoms. The minimum absolute atomic E-state index is 0.0187. The Balaban J connectivity index is 1.63. The molecule has 0 bridgehead atoms. The first-order valence-electron chi connectivity index (χ1n) is 9.05. The van der Waals surface area contributed by atoms with E-state index >= 15 is 0 Å². The lowest BCUT2D eigenvalue weighted by Crippen LogP contribution is -2.34. The monoisotopic (exact) mass is 359 g/mol. The molecule has 4 nitrogen and oxygen atoms in total. The van der Waals surface area contributed by atoms with Crippen molar-refractivity contribution in [3.63, 3.8) is 0 Å². The lowest BCUT2D eigenvalue weighted by atomic mass is 10.0. The van der Waals surface area contributed by atoms with Gasteiger partial charge in [-0.15, -0.1) is 0 Å². The van der Waals surface area contributed by atoms with Crippen LogP contribution in [0.3, 0.4) is 0 Å². The lowest BCUT2D eigenvalue weighted by Gasteiger charge is -2.23. The number of anilines is 1. The number of nitrogens with zero attached hydrogens (tertiary/aromatic N) is 1. The topological polar surface area (TPSA) is 49.8 Å². The van der Waals surface area contributed by atoms with Gasteiger partial charge in [-0.05, 0) is 47.4 Å². The van der Waals surface area contributed by atoms with Gasteiger partial charge in [-0.3, -0.25) is 4.79 Å². The molecular weight excluding hydrogens is 338 g/mol. The second kappa shape index (κ2) is 7.64. The molecule has 0 saturated heterocycles. The van der Waals surface area contributed by atoms with E-state index in [0.29, 0.717) is 13.2 Å². The maximum absolute atomic E-state index is 12.6. The molecule has 136 valence electrons. The van der Waals surface area contributed by atoms with Gasteiger partial charge in [0.15, 0.2) is 0 Å². The highest BCUT2D eigenvalue weighted by molar-refractivity contribution is 5.96. The molecule has 0 unspecified atom stereocenters. The van der Waals surface area contributed by atoms with Crippen molar-refractivity contribution < 1.29 is 14.6 Å². The number of carbonyl (C=O) groups is 1. The summed E-state index contributed by atoms with van der Waals surface area (Å²) in [5.74, 6) is 0.216. The second-order valence-corrected chi connectivity index (χ2v) is 6.67. The van der Waals surface area contributed by atoms with Crippen LogP contribution in [-0.4, -0.2) is 24.2 Å². The zero-order valence-electron chi connectivity index (χ0n) is 15.0. The predicted molar refractivity (Wildman–Crippen MR) is 106 cm³/mol. The highest BCUT2D eigenvalue weighted by Gasteiger charge is 2.23. The molecule has 0 fully saturated rings. The van der Waals surface area contributed by atoms with Gasteiger partial charge in [0.05, 0.1) is 6.61 Å². The molecule has 1 heterocycles. The van der Waals surface area contributed by atoms with Crippen molar-refractivity contribution in [3.8, 4) is 16.9 Å². The van der Waals surface area contributed by atoms with Crippen molar-refractivity contribution in [1.29, 1.82) is 0 Å². The van der Waals surface area contributed by atoms with Crippen molar-refractivity contribution in [2.24, 2.45) is 0 Å². The molecule has 1 aliphatic heterocycles. The van der Waals surface area contributed by atoms with Crippen LogP contribution in [0.25, 0.3) is 11.1 Å². The standard InChI is InChI=1S/C23H21NO3/c25-21-8-4-7-18(14-21)19-9-10-22-20(13-19)15-27-16-23(26)24(22)12-11-17-5-2-1-3-6-17/h1-10,13-14,25H,11-12,15-16H2. The number of aromatic hydroxyl groups is 1. The van der Waals surface area contributed by atoms with E-state index in [9.17, 15) is 9.90 Å². The SMILES string of the molecule is O=C1COCc2cc(-c3cccc(O)c3)ccc2N1CCc1ccccc1. The zero-order valence-corrected chi connectivity index (χ0v) is 15.0. The lowest BCUT2D eigenvalue weighted by molar-refractivity contribution is -0.123. The first-order valence-corrected chi connectivity index (χ1v) is 9.05. The summed E-state index contributed by atoms with van der Waals surface area (Å²) in [6.07, 6.45) is 0.792. The number of phenolic OH excluding ortho intramolecular Hbond substituents is 1. The number of fused-ring (bicyclic) bond motifs is 1. The van der Waals surface area contributed by atoms with Crippen LogP contribution < -0.4 is 4.90 Å². The number of amides is 1. The summed E-state index contributed by atoms with van der Waals surface area (Å²) in [7, 11) is 0. The fraction of sp³-hybridized carbons (Fsp3) is 0.174. The summed E-state index contributed by atoms with van der Waals surface area (Å²) >= 11 is 0. The van der Waals surface area contributed by atoms with Crippen LogP contribution in [0.1, 0.15) is 11.1 Å². The van der Waals surface area contributed by atoms with Crippen LogP contribution in [-0.2, 0) is 22.6 Å². The van der Waals surface area contributed by atoms with Gasteiger partial charge < -0.3 is 14.7 Å². The molecule has 4 rings (SSSR count). The Bertz CT molecular complexity index is 953. The van der Waals surface area contributed by atoms with E-state index in [1.54, 1.807) is 12.1 Å². The molecule has 0 radical (unpaired) electrons. The van der Waals surface area contributed by atoms with Gasteiger partial charge in [-0.25, -0.2) is 0 Å². The second-order valence-electron chi connectivity index (χ2n) is 6.67. The number of benzene rings is 3. The maximum atomic E-state index is 12.6. The van der Waals surface area contributed by atoms with Gasteiger partial charge in [0.25, 0.3) is 5.91 Å². The Morgan fingerprint density at radius 2 is 1.70 bits per heavy atom. The Hall–Kier alpha value is -3.11. The first-order chi connectivity index (χ1) is 13.2. The summed E-state index contributed by atoms with van der Waals surface area (Å²) < 4.78 is 5.59. The Kier molecular flexibility index (Phi) is 4.90. The molecule has 3 aromatic carbocycles. The quantitative estimate of drug-likeness (QED) is 0.761. The third-order valence-corrected chi connectivity index (χ3v) is 4.80. The van der Waals surface area contributed by atoms with Gasteiger partial charge in [0.1, 0.15) is 12.4 Å². The van der Waals surface area contributed by atoms with E-state index in [4.69, 9.17) is 4.74 Å². The van der Waals surface area contributed by atoms with Gasteiger partial charge in [-0.2, -0.15) is 0 Å². The van der Waals surface area contributed by atoms with E-state index in [1.807, 2.05) is 53.4 Å². The predicted octanol–water partition coefficient (Wildman–Crippen LogP) is 4.17. The summed E-state index contributed by atoms with van der Waals surface area (Å²) in [5, 5.41) is 9.74. The van der Waals surface area contributed by atoms with E-state index < -0.39 is 0 Å². The molecule has 1 amide bonds. The number of hydrogen-bond acceptors (Lipinski definition) is 3. The highest BCUT2D eigenvalue weighted by atomic mass is 16.5. The van der Waals surface area contributed by atoms with E-state index in [-0.39, 0.29) is 18.3 Å². The van der Waals surface area contributed by atoms with E-state index in [0.717, 1.165) is 28.8 Å². The molecule has 0 aromatic heterocycles. The normalized spacial score (nSPS) is 13.9. The first kappa shape index (κ1) is 17.3. The third kappa shape index (κ3) is 3.86. The zero-order chi connectivity index (χ0) is 18.6. The molecule has 0 aliphatic carbocycles. The fourth-order valence-electron chi connectivity index (χ4n) is 3.42. The fourth-order valence-corrected chi connectivity index (χ4v) is 3.42. The summed E-state index contributed by atoms with van der Waals surface area (Å²) in [6, 6.07) is 23.3. The third-order valence-electron chi connectivity index (χ3n) is 4.80. The summed E-state index contributed by atoms with van der Waals surface area (Å²) in [6.45, 7) is 1.10. The van der Waals surface area contributed by atoms with Crippen LogP contribution in [0, 0.1) is 0 Å². The van der Waals surface area contributed by atoms with Crippen LogP contribution in [0.2, 0.25) is 0 Å². The molecule has 0 spiro atoms. The van der Waals surface area contributed by atoms with Crippen LogP contribution >= 0.6 is 0 Å². The van der Waals surface area contributed by atoms with Crippen LogP contribution in [0.4, 0.5) is 5.69 Å². The molecule has 1 N–H and O–H groups in total. The van der Waals surface area contributed by atoms with Crippen LogP contribution in [0.15, 0.2) is 72.8 Å². The number of rotatable bonds is 4. The number of carbonyl (C=O) groups excluding carboxylic acids is 1. The number of phenols is 1. The largest absolute Gasteiger partial charge is 0.508 e. The molecule has 0 saturated carbocycles. The Labute approximate surface area is 158 Å². The molecule has 1 aliphatic rings. The van der Waals surface area contributed by atoms with Crippen molar-refractivity contribution in [3.05, 3.63) is 83.9 Å². The van der Waals surface area contributed by atoms with Crippen molar-refractivity contribution in [2.75, 3.05) is 18.1 Å². The average molecular weight is 359 g/mol. The van der Waals surface area contributed by atoms with Crippen molar-refractivity contribution in [2.45, 2.75) is 13.0 Å². The van der Waals surface area contributed by atoms with E-state index in [1.165, 1.54) is 5.56 Å². The Morgan fingerprint density at radius 3 is 2.52 bits per heavy atom. The smallest absolute Gasteiger partial charge is 0.253 e. The van der Waals surface area contributed by atoms with Crippen LogP contribution in [0.5, 0.6) is 5.75 Å². The highest BCUT2D eigenvalue weighted by Crippen LogP contribution is 2.31. The van der Waals surface area contributed by atoms with Crippen molar-refractivity contribution >= 4 is 11.6 Å². The number of ether oxygens (including phenoxy) is 1. The van der Waals surface area contributed by atoms with Gasteiger partial charge in [-0.1, -0.05) is 48.5 Å². The number of hydrogen-bond donors (Lipinski definition) is 1. The molecule has 4 heteroatoms. The molecule has 3 aromatic rings. The summed E-state index contributed by atoms with van der Waals surface area (Å²) in [4.78, 5) is 14.4. The average Bonchev–Trinajstić information content (AvgIpc) is 2.85. The Morgan fingerprint density at radius 1 is 0.889 bits per heavy atom. The van der Waals surface area contributed by atoms with Gasteiger partial charge in [0.2, 0.25) is 0 Å². The van der Waals surface area contributed by atoms with Gasteiger partial charge >= 0.3 is 0 Å². The van der Waals surface area contributed by atoms with Gasteiger partial charge in [0, 0.05) is 17.8 Å². The van der Waals surface area contributed by atoms with Crippen molar-refractivity contribution in [1.82, 2.24) is 0 Å².